The minimum absolute atomic E-state index is 0.110. The highest BCUT2D eigenvalue weighted by atomic mass is 16.2. The van der Waals surface area contributed by atoms with Crippen LogP contribution in [0, 0.1) is 0 Å². The molecule has 0 aliphatic carbocycles. The smallest absolute Gasteiger partial charge is 0.314 e. The number of benzene rings is 1. The maximum atomic E-state index is 13.3. The summed E-state index contributed by atoms with van der Waals surface area (Å²) >= 11 is 0. The van der Waals surface area contributed by atoms with Crippen LogP contribution in [0.25, 0.3) is 11.0 Å². The average molecular weight is 436 g/mol. The summed E-state index contributed by atoms with van der Waals surface area (Å²) in [7, 11) is 0. The normalized spacial score (nSPS) is 15.5. The molecule has 1 aliphatic heterocycles. The molecule has 4 rings (SSSR count). The molecule has 0 unspecified atom stereocenters. The van der Waals surface area contributed by atoms with Crippen molar-refractivity contribution in [2.45, 2.75) is 45.3 Å². The van der Waals surface area contributed by atoms with E-state index in [0.29, 0.717) is 25.2 Å². The predicted octanol–water partition coefficient (Wildman–Crippen LogP) is 2.90. The Morgan fingerprint density at radius 2 is 1.91 bits per heavy atom. The molecule has 9 heteroatoms. The van der Waals surface area contributed by atoms with Crippen molar-refractivity contribution in [1.29, 1.82) is 0 Å². The average Bonchev–Trinajstić information content (AvgIpc) is 3.23. The lowest BCUT2D eigenvalue weighted by Crippen LogP contribution is -2.45. The van der Waals surface area contributed by atoms with Gasteiger partial charge >= 0.3 is 6.03 Å². The molecule has 1 fully saturated rings. The Kier molecular flexibility index (Phi) is 6.25. The number of anilines is 1. The van der Waals surface area contributed by atoms with Crippen LogP contribution in [-0.4, -0.2) is 50.7 Å². The summed E-state index contributed by atoms with van der Waals surface area (Å²) < 4.78 is 1.81. The molecule has 32 heavy (non-hydrogen) atoms. The van der Waals surface area contributed by atoms with Gasteiger partial charge in [0.15, 0.2) is 5.65 Å². The van der Waals surface area contributed by atoms with Gasteiger partial charge in [-0.25, -0.2) is 14.5 Å². The summed E-state index contributed by atoms with van der Waals surface area (Å²) in [6.07, 6.45) is 4.86. The van der Waals surface area contributed by atoms with Gasteiger partial charge in [0.25, 0.3) is 5.91 Å². The monoisotopic (exact) mass is 435 g/mol. The molecule has 0 radical (unpaired) electrons. The number of carbonyl (C=O) groups excluding carboxylic acids is 2. The first kappa shape index (κ1) is 21.6. The van der Waals surface area contributed by atoms with Gasteiger partial charge in [-0.1, -0.05) is 30.3 Å². The second-order valence-corrected chi connectivity index (χ2v) is 8.09. The van der Waals surface area contributed by atoms with Crippen molar-refractivity contribution < 1.29 is 9.59 Å². The quantitative estimate of drug-likeness (QED) is 0.550. The molecule has 3 aromatic rings. The van der Waals surface area contributed by atoms with Crippen molar-refractivity contribution in [3.63, 3.8) is 0 Å². The fraction of sp³-hybridized carbons (Fsp3) is 0.391. The molecule has 1 aliphatic rings. The van der Waals surface area contributed by atoms with Crippen LogP contribution in [0.4, 0.5) is 10.5 Å². The number of nitrogens with one attached hydrogen (secondary N) is 2. The van der Waals surface area contributed by atoms with Gasteiger partial charge in [-0.3, -0.25) is 4.79 Å². The van der Waals surface area contributed by atoms with E-state index in [1.807, 2.05) is 48.9 Å². The molecule has 0 spiro atoms. The zero-order valence-electron chi connectivity index (χ0n) is 18.4. The van der Waals surface area contributed by atoms with E-state index in [-0.39, 0.29) is 18.0 Å². The van der Waals surface area contributed by atoms with Crippen LogP contribution in [0.2, 0.25) is 0 Å². The van der Waals surface area contributed by atoms with Gasteiger partial charge < -0.3 is 21.3 Å². The summed E-state index contributed by atoms with van der Waals surface area (Å²) in [6.45, 7) is 5.82. The third-order valence-corrected chi connectivity index (χ3v) is 6.01. The van der Waals surface area contributed by atoms with E-state index in [1.54, 1.807) is 17.3 Å². The number of urea groups is 1. The molecule has 4 N–H and O–H groups in total. The van der Waals surface area contributed by atoms with Crippen LogP contribution in [0.15, 0.2) is 42.7 Å². The first-order valence-electron chi connectivity index (χ1n) is 11.0. The van der Waals surface area contributed by atoms with Crippen LogP contribution in [0.5, 0.6) is 0 Å². The number of pyridine rings is 1. The molecule has 1 saturated heterocycles. The first-order chi connectivity index (χ1) is 15.5. The maximum absolute atomic E-state index is 13.3. The van der Waals surface area contributed by atoms with Gasteiger partial charge in [0.2, 0.25) is 0 Å². The maximum Gasteiger partial charge on any atom is 0.314 e. The third kappa shape index (κ3) is 4.37. The number of hydrogen-bond donors (Lipinski definition) is 3. The summed E-state index contributed by atoms with van der Waals surface area (Å²) in [4.78, 5) is 30.9. The summed E-state index contributed by atoms with van der Waals surface area (Å²) in [5, 5.41) is 11.9. The van der Waals surface area contributed by atoms with Crippen LogP contribution >= 0.6 is 0 Å². The molecule has 1 atom stereocenters. The number of rotatable bonds is 6. The highest BCUT2D eigenvalue weighted by Gasteiger charge is 2.25. The Morgan fingerprint density at radius 3 is 2.56 bits per heavy atom. The molecule has 3 heterocycles. The van der Waals surface area contributed by atoms with Crippen molar-refractivity contribution in [2.75, 3.05) is 18.4 Å². The predicted molar refractivity (Wildman–Crippen MR) is 123 cm³/mol. The number of aryl methyl sites for hydroxylation is 1. The van der Waals surface area contributed by atoms with Gasteiger partial charge in [0.1, 0.15) is 0 Å². The number of carbonyl (C=O) groups is 2. The number of nitrogens with two attached hydrogens (primary N) is 1. The standard InChI is InChI=1S/C23H29N7O2/c1-3-30-21-18(14-26-30)20(28-17-9-11-29(12-10-17)23(24)32)19(13-25-21)22(31)27-15(2)16-7-5-4-6-8-16/h4-8,13-15,17H,3,9-12H2,1-2H3,(H2,24,32)(H,25,28)(H,27,31)/t15-/m1/s1. The third-order valence-electron chi connectivity index (χ3n) is 6.01. The minimum atomic E-state index is -0.394. The molecule has 1 aromatic carbocycles. The zero-order chi connectivity index (χ0) is 22.7. The lowest BCUT2D eigenvalue weighted by molar-refractivity contribution is 0.0940. The Hall–Kier alpha value is -3.62. The second-order valence-electron chi connectivity index (χ2n) is 8.09. The minimum Gasteiger partial charge on any atom is -0.381 e. The number of likely N-dealkylation sites (tertiary alicyclic amines) is 1. The van der Waals surface area contributed by atoms with E-state index in [2.05, 4.69) is 20.7 Å². The molecule has 2 aromatic heterocycles. The van der Waals surface area contributed by atoms with Gasteiger partial charge in [0.05, 0.1) is 28.9 Å². The first-order valence-corrected chi connectivity index (χ1v) is 11.0. The van der Waals surface area contributed by atoms with Crippen molar-refractivity contribution in [1.82, 2.24) is 25.0 Å². The molecule has 168 valence electrons. The van der Waals surface area contributed by atoms with E-state index in [0.717, 1.165) is 35.1 Å². The van der Waals surface area contributed by atoms with Gasteiger partial charge in [-0.15, -0.1) is 0 Å². The molecular formula is C23H29N7O2. The Labute approximate surface area is 187 Å². The van der Waals surface area contributed by atoms with Crippen LogP contribution in [0.3, 0.4) is 0 Å². The Morgan fingerprint density at radius 1 is 1.19 bits per heavy atom. The molecule has 0 saturated carbocycles. The van der Waals surface area contributed by atoms with Crippen LogP contribution in [0.1, 0.15) is 48.7 Å². The topological polar surface area (TPSA) is 118 Å². The van der Waals surface area contributed by atoms with Gasteiger partial charge in [-0.05, 0) is 32.3 Å². The lowest BCUT2D eigenvalue weighted by Gasteiger charge is -2.32. The van der Waals surface area contributed by atoms with E-state index in [9.17, 15) is 9.59 Å². The van der Waals surface area contributed by atoms with E-state index < -0.39 is 6.03 Å². The van der Waals surface area contributed by atoms with Gasteiger partial charge in [-0.2, -0.15) is 5.10 Å². The number of amides is 3. The number of piperidine rings is 1. The van der Waals surface area contributed by atoms with Crippen LogP contribution < -0.4 is 16.4 Å². The summed E-state index contributed by atoms with van der Waals surface area (Å²) in [6, 6.07) is 9.41. The fourth-order valence-electron chi connectivity index (χ4n) is 4.13. The number of primary amides is 1. The van der Waals surface area contributed by atoms with Crippen LogP contribution in [-0.2, 0) is 6.54 Å². The largest absolute Gasteiger partial charge is 0.381 e. The molecule has 0 bridgehead atoms. The molecule has 9 nitrogen and oxygen atoms in total. The number of fused-ring (bicyclic) bond motifs is 1. The van der Waals surface area contributed by atoms with Crippen molar-refractivity contribution in [2.24, 2.45) is 5.73 Å². The van der Waals surface area contributed by atoms with E-state index >= 15 is 0 Å². The molecule has 3 amide bonds. The van der Waals surface area contributed by atoms with Crippen molar-refractivity contribution in [3.8, 4) is 0 Å². The Bertz CT molecular complexity index is 1100. The fourth-order valence-corrected chi connectivity index (χ4v) is 4.13. The highest BCUT2D eigenvalue weighted by Crippen LogP contribution is 2.29. The highest BCUT2D eigenvalue weighted by molar-refractivity contribution is 6.06. The molecular weight excluding hydrogens is 406 g/mol. The zero-order valence-corrected chi connectivity index (χ0v) is 18.4. The number of nitrogens with zero attached hydrogens (tertiary/aromatic N) is 4. The Balaban J connectivity index is 1.62. The number of hydrogen-bond acceptors (Lipinski definition) is 5. The summed E-state index contributed by atoms with van der Waals surface area (Å²) in [5.74, 6) is -0.197. The van der Waals surface area contributed by atoms with Gasteiger partial charge in [0, 0.05) is 31.9 Å². The SMILES string of the molecule is CCn1ncc2c(NC3CCN(C(N)=O)CC3)c(C(=O)N[C@H](C)c3ccccc3)cnc21. The van der Waals surface area contributed by atoms with Crippen molar-refractivity contribution >= 4 is 28.7 Å². The van der Waals surface area contributed by atoms with E-state index in [1.165, 1.54) is 0 Å². The second kappa shape index (κ2) is 9.25. The summed E-state index contributed by atoms with van der Waals surface area (Å²) in [5.41, 5.74) is 8.38. The number of aromatic nitrogens is 3. The van der Waals surface area contributed by atoms with E-state index in [4.69, 9.17) is 5.73 Å². The van der Waals surface area contributed by atoms with Crippen molar-refractivity contribution in [3.05, 3.63) is 53.9 Å². The lowest BCUT2D eigenvalue weighted by atomic mass is 10.0.